The molecule has 0 fully saturated rings. The Morgan fingerprint density at radius 3 is 2.56 bits per heavy atom. The van der Waals surface area contributed by atoms with Crippen LogP contribution in [0, 0.1) is 0 Å². The minimum atomic E-state index is -4.35. The minimum Gasteiger partial charge on any atom is -0.461 e. The third kappa shape index (κ3) is 5.98. The van der Waals surface area contributed by atoms with E-state index >= 15 is 0 Å². The number of carbonyl (C=O) groups excluding carboxylic acids is 1. The summed E-state index contributed by atoms with van der Waals surface area (Å²) in [6.07, 6.45) is 8.96. The molecule has 43 heavy (non-hydrogen) atoms. The highest BCUT2D eigenvalue weighted by Crippen LogP contribution is 2.41. The lowest BCUT2D eigenvalue weighted by atomic mass is 9.86. The van der Waals surface area contributed by atoms with Crippen LogP contribution in [0.15, 0.2) is 76.9 Å². The fraction of sp³-hybridized carbons (Fsp3) is 0.406. The first kappa shape index (κ1) is 32.4. The number of hydrogen-bond donors (Lipinski definition) is 1. The number of allylic oxidation sites excluding steroid dienone is 4. The Labute approximate surface area is 254 Å². The van der Waals surface area contributed by atoms with Crippen LogP contribution < -0.4 is 5.56 Å². The number of carbonyl (C=O) groups is 1. The predicted octanol–water partition coefficient (Wildman–Crippen LogP) is 6.22. The normalized spacial score (nSPS) is 18.4. The molecule has 1 N–H and O–H groups in total. The molecule has 1 unspecified atom stereocenters. The van der Waals surface area contributed by atoms with Crippen LogP contribution in [-0.2, 0) is 19.2 Å². The van der Waals surface area contributed by atoms with Crippen molar-refractivity contribution < 1.29 is 22.4 Å². The first-order chi connectivity index (χ1) is 20.0. The van der Waals surface area contributed by atoms with E-state index in [0.29, 0.717) is 17.6 Å². The molecule has 0 spiro atoms. The summed E-state index contributed by atoms with van der Waals surface area (Å²) in [4.78, 5) is 32.9. The van der Waals surface area contributed by atoms with E-state index in [4.69, 9.17) is 9.16 Å². The third-order valence-electron chi connectivity index (χ3n) is 8.68. The number of ether oxygens (including phenoxy) is 1. The molecule has 0 saturated heterocycles. The maximum Gasteiger partial charge on any atom is 0.356 e. The van der Waals surface area contributed by atoms with Crippen LogP contribution in [0.25, 0.3) is 16.5 Å². The van der Waals surface area contributed by atoms with Crippen LogP contribution in [0.4, 0.5) is 0 Å². The molecule has 11 heteroatoms. The van der Waals surface area contributed by atoms with Crippen molar-refractivity contribution in [3.05, 3.63) is 93.8 Å². The molecule has 0 bridgehead atoms. The van der Waals surface area contributed by atoms with Crippen molar-refractivity contribution in [3.8, 4) is 0 Å². The highest BCUT2D eigenvalue weighted by Gasteiger charge is 2.45. The Kier molecular flexibility index (Phi) is 8.93. The van der Waals surface area contributed by atoms with E-state index < -0.39 is 34.6 Å². The molecule has 1 atom stereocenters. The van der Waals surface area contributed by atoms with E-state index in [1.165, 1.54) is 12.3 Å². The molecule has 1 aliphatic carbocycles. The van der Waals surface area contributed by atoms with Crippen molar-refractivity contribution in [2.45, 2.75) is 70.8 Å². The Morgan fingerprint density at radius 1 is 1.23 bits per heavy atom. The molecule has 0 amide bonds. The van der Waals surface area contributed by atoms with Crippen LogP contribution >= 0.6 is 0 Å². The topological polar surface area (TPSA) is 120 Å². The molecule has 0 radical (unpaired) electrons. The number of aromatic amines is 1. The van der Waals surface area contributed by atoms with E-state index in [0.717, 1.165) is 20.8 Å². The van der Waals surface area contributed by atoms with Gasteiger partial charge in [0.25, 0.3) is 5.56 Å². The Bertz CT molecular complexity index is 1790. The van der Waals surface area contributed by atoms with Gasteiger partial charge in [-0.25, -0.2) is 17.2 Å². The van der Waals surface area contributed by atoms with Crippen LogP contribution in [0.2, 0.25) is 18.1 Å². The van der Waals surface area contributed by atoms with Gasteiger partial charge in [-0.15, -0.1) is 0 Å². The number of pyridine rings is 2. The number of fused-ring (bicyclic) bond motifs is 1. The third-order valence-corrected chi connectivity index (χ3v) is 15.7. The fourth-order valence-corrected chi connectivity index (χ4v) is 7.70. The van der Waals surface area contributed by atoms with Gasteiger partial charge < -0.3 is 14.1 Å². The predicted molar refractivity (Wildman–Crippen MR) is 173 cm³/mol. The lowest BCUT2D eigenvalue weighted by molar-refractivity contribution is 0.0518. The summed E-state index contributed by atoms with van der Waals surface area (Å²) in [6, 6.07) is 8.61. The number of H-pyrrole nitrogens is 1. The number of esters is 1. The van der Waals surface area contributed by atoms with Crippen molar-refractivity contribution in [1.82, 2.24) is 13.9 Å². The zero-order chi connectivity index (χ0) is 31.8. The fourth-order valence-electron chi connectivity index (χ4n) is 4.79. The molecular formula is C32H41N3O6SSi. The van der Waals surface area contributed by atoms with Gasteiger partial charge in [-0.1, -0.05) is 45.1 Å². The summed E-state index contributed by atoms with van der Waals surface area (Å²) in [5, 5.41) is 0.380. The maximum absolute atomic E-state index is 14.5. The van der Waals surface area contributed by atoms with Gasteiger partial charge in [0.15, 0.2) is 8.32 Å². The SMILES string of the molecule is CCOC(=O)c1cc2cc[nH]c(=O)c2n1S(=O)(=O)C1(C)CC=C(C(=CCO[Si](C)(C)C(C)(C)C)c2ccccn2)C=C1C. The second-order valence-corrected chi connectivity index (χ2v) is 19.5. The van der Waals surface area contributed by atoms with Crippen molar-refractivity contribution in [3.63, 3.8) is 0 Å². The van der Waals surface area contributed by atoms with Gasteiger partial charge in [0.05, 0.1) is 18.9 Å². The zero-order valence-electron chi connectivity index (χ0n) is 26.1. The Hall–Kier alpha value is -3.54. The first-order valence-electron chi connectivity index (χ1n) is 14.4. The molecule has 9 nitrogen and oxygen atoms in total. The summed E-state index contributed by atoms with van der Waals surface area (Å²) in [5.74, 6) is -0.818. The lowest BCUT2D eigenvalue weighted by Gasteiger charge is -2.36. The van der Waals surface area contributed by atoms with Crippen LogP contribution in [-0.4, -0.2) is 54.6 Å². The molecule has 4 rings (SSSR count). The molecule has 0 aliphatic heterocycles. The molecule has 230 valence electrons. The maximum atomic E-state index is 14.5. The summed E-state index contributed by atoms with van der Waals surface area (Å²) >= 11 is 0. The van der Waals surface area contributed by atoms with Gasteiger partial charge in [-0.05, 0) is 80.7 Å². The smallest absolute Gasteiger partial charge is 0.356 e. The van der Waals surface area contributed by atoms with Crippen molar-refractivity contribution in [1.29, 1.82) is 0 Å². The molecule has 3 aromatic heterocycles. The number of nitrogens with zero attached hydrogens (tertiary/aromatic N) is 2. The lowest BCUT2D eigenvalue weighted by Crippen LogP contribution is -2.43. The second-order valence-electron chi connectivity index (χ2n) is 12.5. The molecular weight excluding hydrogens is 583 g/mol. The molecule has 0 saturated carbocycles. The van der Waals surface area contributed by atoms with E-state index in [-0.39, 0.29) is 29.3 Å². The van der Waals surface area contributed by atoms with Crippen LogP contribution in [0.5, 0.6) is 0 Å². The summed E-state index contributed by atoms with van der Waals surface area (Å²) < 4.78 is 40.0. The van der Waals surface area contributed by atoms with Gasteiger partial charge in [-0.3, -0.25) is 9.78 Å². The van der Waals surface area contributed by atoms with Crippen molar-refractivity contribution >= 4 is 40.8 Å². The number of nitrogens with one attached hydrogen (secondary N) is 1. The molecule has 3 aromatic rings. The quantitative estimate of drug-likeness (QED) is 0.222. The van der Waals surface area contributed by atoms with Gasteiger partial charge in [0, 0.05) is 23.4 Å². The average Bonchev–Trinajstić information content (AvgIpc) is 3.35. The van der Waals surface area contributed by atoms with Crippen LogP contribution in [0.3, 0.4) is 0 Å². The van der Waals surface area contributed by atoms with E-state index in [1.807, 2.05) is 36.4 Å². The molecule has 1 aliphatic rings. The minimum absolute atomic E-state index is 0.0511. The van der Waals surface area contributed by atoms with E-state index in [1.54, 1.807) is 33.0 Å². The van der Waals surface area contributed by atoms with E-state index in [9.17, 15) is 18.0 Å². The summed E-state index contributed by atoms with van der Waals surface area (Å²) in [5.41, 5.74) is 2.02. The number of rotatable bonds is 9. The Balaban J connectivity index is 1.79. The first-order valence-corrected chi connectivity index (χ1v) is 18.7. The second kappa shape index (κ2) is 11.9. The standard InChI is InChI=1S/C32H41N3O6SSi/c1-9-40-30(37)27-21-24-14-18-34-29(36)28(24)35(27)42(38,39)32(6)16-13-23(20-22(32)2)25(26-12-10-11-17-33-26)15-19-41-43(7,8)31(3,4)5/h10-15,17-18,20-21H,9,16,19H2,1-8H3,(H,34,36). The van der Waals surface area contributed by atoms with Gasteiger partial charge in [0.2, 0.25) is 10.0 Å². The molecule has 3 heterocycles. The Morgan fingerprint density at radius 2 is 1.95 bits per heavy atom. The summed E-state index contributed by atoms with van der Waals surface area (Å²) in [7, 11) is -6.36. The zero-order valence-corrected chi connectivity index (χ0v) is 28.0. The average molecular weight is 624 g/mol. The van der Waals surface area contributed by atoms with Gasteiger partial charge >= 0.3 is 5.97 Å². The van der Waals surface area contributed by atoms with Gasteiger partial charge in [0.1, 0.15) is 16.0 Å². The van der Waals surface area contributed by atoms with E-state index in [2.05, 4.69) is 43.8 Å². The van der Waals surface area contributed by atoms with Crippen LogP contribution in [0.1, 0.15) is 64.1 Å². The highest BCUT2D eigenvalue weighted by atomic mass is 32.2. The number of hydrogen-bond acceptors (Lipinski definition) is 7. The summed E-state index contributed by atoms with van der Waals surface area (Å²) in [6.45, 7) is 16.4. The molecule has 0 aromatic carbocycles. The van der Waals surface area contributed by atoms with Crippen molar-refractivity contribution in [2.24, 2.45) is 0 Å². The van der Waals surface area contributed by atoms with Crippen molar-refractivity contribution in [2.75, 3.05) is 13.2 Å². The monoisotopic (exact) mass is 623 g/mol. The highest BCUT2D eigenvalue weighted by molar-refractivity contribution is 7.91. The number of aromatic nitrogens is 3. The largest absolute Gasteiger partial charge is 0.461 e. The van der Waals surface area contributed by atoms with Gasteiger partial charge in [-0.2, -0.15) is 0 Å².